The fourth-order valence-electron chi connectivity index (χ4n) is 4.35. The van der Waals surface area contributed by atoms with E-state index in [0.717, 1.165) is 17.5 Å². The number of phenolic OH excluding ortho intramolecular Hbond substituents is 1. The first kappa shape index (κ1) is 31.7. The summed E-state index contributed by atoms with van der Waals surface area (Å²) in [5, 5.41) is 16.0. The molecule has 214 valence electrons. The van der Waals surface area contributed by atoms with Crippen LogP contribution in [0, 0.1) is 26.7 Å². The summed E-state index contributed by atoms with van der Waals surface area (Å²) in [5.41, 5.74) is 2.93. The smallest absolute Gasteiger partial charge is 0.408 e. The van der Waals surface area contributed by atoms with Gasteiger partial charge in [0.1, 0.15) is 23.4 Å². The molecule has 2 atom stereocenters. The van der Waals surface area contributed by atoms with Crippen molar-refractivity contribution in [2.24, 2.45) is 5.92 Å². The highest BCUT2D eigenvalue weighted by atomic mass is 16.6. The lowest BCUT2D eigenvalue weighted by molar-refractivity contribution is -0.141. The number of ether oxygens (including phenoxy) is 1. The summed E-state index contributed by atoms with van der Waals surface area (Å²) in [6.45, 7) is 16.9. The fraction of sp³-hybridized carbons (Fsp3) is 0.516. The third-order valence-corrected chi connectivity index (χ3v) is 6.47. The van der Waals surface area contributed by atoms with E-state index >= 15 is 0 Å². The quantitative estimate of drug-likeness (QED) is 0.334. The second-order valence-electron chi connectivity index (χ2n) is 11.5. The van der Waals surface area contributed by atoms with Crippen LogP contribution in [-0.4, -0.2) is 46.1 Å². The van der Waals surface area contributed by atoms with Crippen molar-refractivity contribution in [3.05, 3.63) is 58.7 Å². The minimum atomic E-state index is -0.996. The maximum Gasteiger partial charge on any atom is 0.408 e. The van der Waals surface area contributed by atoms with E-state index < -0.39 is 23.8 Å². The molecule has 0 fully saturated rings. The molecular weight excluding hydrogens is 494 g/mol. The molecule has 0 heterocycles. The second kappa shape index (κ2) is 13.5. The standard InChI is InChI=1S/C31H45N3O5/c1-10-11-17-34(29(37)25(19(2)3)33-30(38)39-31(7,8)9)27(23-15-16-24(35)22(6)18-23)28(36)32-26-20(4)13-12-14-21(26)5/h12-16,18-19,25,27,35H,10-11,17H2,1-9H3,(H,32,36)(H,33,38). The largest absolute Gasteiger partial charge is 0.508 e. The molecular formula is C31H45N3O5. The first-order valence-corrected chi connectivity index (χ1v) is 13.6. The predicted octanol–water partition coefficient (Wildman–Crippen LogP) is 6.18. The van der Waals surface area contributed by atoms with E-state index in [2.05, 4.69) is 10.6 Å². The van der Waals surface area contributed by atoms with Gasteiger partial charge in [0.15, 0.2) is 0 Å². The lowest BCUT2D eigenvalue weighted by atomic mass is 9.97. The van der Waals surface area contributed by atoms with Crippen LogP contribution < -0.4 is 10.6 Å². The van der Waals surface area contributed by atoms with Gasteiger partial charge in [-0.2, -0.15) is 0 Å². The molecule has 39 heavy (non-hydrogen) atoms. The summed E-state index contributed by atoms with van der Waals surface area (Å²) in [7, 11) is 0. The van der Waals surface area contributed by atoms with Crippen LogP contribution in [0.2, 0.25) is 0 Å². The van der Waals surface area contributed by atoms with E-state index in [1.165, 1.54) is 6.07 Å². The van der Waals surface area contributed by atoms with Crippen LogP contribution in [-0.2, 0) is 14.3 Å². The van der Waals surface area contributed by atoms with Gasteiger partial charge in [0.25, 0.3) is 5.91 Å². The SMILES string of the molecule is CCCCN(C(=O)C(NC(=O)OC(C)(C)C)C(C)C)C(C(=O)Nc1c(C)cccc1C)c1ccc(O)c(C)c1. The Labute approximate surface area is 233 Å². The van der Waals surface area contributed by atoms with Crippen molar-refractivity contribution in [3.8, 4) is 5.75 Å². The number of hydrogen-bond acceptors (Lipinski definition) is 5. The van der Waals surface area contributed by atoms with Gasteiger partial charge in [-0.25, -0.2) is 4.79 Å². The third-order valence-electron chi connectivity index (χ3n) is 6.47. The molecule has 8 heteroatoms. The summed E-state index contributed by atoms with van der Waals surface area (Å²) in [4.78, 5) is 42.4. The van der Waals surface area contributed by atoms with E-state index in [-0.39, 0.29) is 23.5 Å². The van der Waals surface area contributed by atoms with Gasteiger partial charge < -0.3 is 25.4 Å². The number of benzene rings is 2. The lowest BCUT2D eigenvalue weighted by Crippen LogP contribution is -2.54. The van der Waals surface area contributed by atoms with Gasteiger partial charge in [0, 0.05) is 12.2 Å². The van der Waals surface area contributed by atoms with Crippen molar-refractivity contribution in [1.29, 1.82) is 0 Å². The zero-order valence-electron chi connectivity index (χ0n) is 24.8. The van der Waals surface area contributed by atoms with Crippen LogP contribution in [0.3, 0.4) is 0 Å². The van der Waals surface area contributed by atoms with Crippen LogP contribution in [0.4, 0.5) is 10.5 Å². The van der Waals surface area contributed by atoms with Gasteiger partial charge in [-0.1, -0.05) is 51.5 Å². The number of nitrogens with one attached hydrogen (secondary N) is 2. The maximum atomic E-state index is 14.2. The Morgan fingerprint density at radius 2 is 1.62 bits per heavy atom. The number of rotatable bonds is 10. The zero-order valence-corrected chi connectivity index (χ0v) is 24.8. The van der Waals surface area contributed by atoms with Gasteiger partial charge in [0.2, 0.25) is 5.91 Å². The molecule has 3 N–H and O–H groups in total. The molecule has 3 amide bonds. The molecule has 0 aromatic heterocycles. The molecule has 0 spiro atoms. The van der Waals surface area contributed by atoms with Crippen molar-refractivity contribution in [3.63, 3.8) is 0 Å². The average molecular weight is 540 g/mol. The molecule has 2 aromatic carbocycles. The highest BCUT2D eigenvalue weighted by Crippen LogP contribution is 2.30. The molecule has 0 aliphatic heterocycles. The van der Waals surface area contributed by atoms with E-state index in [4.69, 9.17) is 4.74 Å². The molecule has 2 rings (SSSR count). The van der Waals surface area contributed by atoms with E-state index in [9.17, 15) is 19.5 Å². The summed E-state index contributed by atoms with van der Waals surface area (Å²) < 4.78 is 5.43. The number of unbranched alkanes of at least 4 members (excludes halogenated alkanes) is 1. The molecule has 0 radical (unpaired) electrons. The number of carbonyl (C=O) groups is 3. The molecule has 2 aromatic rings. The summed E-state index contributed by atoms with van der Waals surface area (Å²) in [6, 6.07) is 8.77. The van der Waals surface area contributed by atoms with Crippen LogP contribution in [0.5, 0.6) is 5.75 Å². The van der Waals surface area contributed by atoms with Crippen molar-refractivity contribution >= 4 is 23.6 Å². The normalized spacial score (nSPS) is 13.0. The Hall–Kier alpha value is -3.55. The third kappa shape index (κ3) is 8.73. The first-order valence-electron chi connectivity index (χ1n) is 13.6. The minimum absolute atomic E-state index is 0.103. The number of amides is 3. The Kier molecular flexibility index (Phi) is 11.0. The molecule has 0 aliphatic carbocycles. The Bertz CT molecular complexity index is 1150. The predicted molar refractivity (Wildman–Crippen MR) is 155 cm³/mol. The van der Waals surface area contributed by atoms with Gasteiger partial charge in [0.05, 0.1) is 0 Å². The van der Waals surface area contributed by atoms with Crippen molar-refractivity contribution < 1.29 is 24.2 Å². The van der Waals surface area contributed by atoms with Crippen LogP contribution in [0.25, 0.3) is 0 Å². The molecule has 0 aliphatic rings. The Balaban J connectivity index is 2.59. The van der Waals surface area contributed by atoms with Gasteiger partial charge in [-0.05, 0) is 88.3 Å². The van der Waals surface area contributed by atoms with E-state index in [1.807, 2.05) is 52.8 Å². The Morgan fingerprint density at radius 3 is 2.13 bits per heavy atom. The topological polar surface area (TPSA) is 108 Å². The lowest BCUT2D eigenvalue weighted by Gasteiger charge is -2.36. The molecule has 2 unspecified atom stereocenters. The number of aryl methyl sites for hydroxylation is 3. The number of carbonyl (C=O) groups excluding carboxylic acids is 3. The number of aromatic hydroxyl groups is 1. The molecule has 0 saturated carbocycles. The molecule has 0 saturated heterocycles. The van der Waals surface area contributed by atoms with Gasteiger partial charge in [-0.15, -0.1) is 0 Å². The van der Waals surface area contributed by atoms with Gasteiger partial charge in [-0.3, -0.25) is 9.59 Å². The number of hydrogen-bond donors (Lipinski definition) is 3. The van der Waals surface area contributed by atoms with Crippen molar-refractivity contribution in [2.45, 2.75) is 92.8 Å². The Morgan fingerprint density at radius 1 is 1.00 bits per heavy atom. The van der Waals surface area contributed by atoms with Crippen LogP contribution in [0.15, 0.2) is 36.4 Å². The number of para-hydroxylation sites is 1. The number of anilines is 1. The van der Waals surface area contributed by atoms with E-state index in [1.54, 1.807) is 44.7 Å². The van der Waals surface area contributed by atoms with Crippen LogP contribution >= 0.6 is 0 Å². The van der Waals surface area contributed by atoms with Gasteiger partial charge >= 0.3 is 6.09 Å². The highest BCUT2D eigenvalue weighted by Gasteiger charge is 2.37. The summed E-state index contributed by atoms with van der Waals surface area (Å²) in [6.07, 6.45) is 0.768. The summed E-state index contributed by atoms with van der Waals surface area (Å²) in [5.74, 6) is -0.915. The average Bonchev–Trinajstić information content (AvgIpc) is 2.82. The maximum absolute atomic E-state index is 14.2. The van der Waals surface area contributed by atoms with Crippen LogP contribution in [0.1, 0.15) is 82.7 Å². The molecule has 0 bridgehead atoms. The first-order chi connectivity index (χ1) is 18.2. The zero-order chi connectivity index (χ0) is 29.5. The molecule has 8 nitrogen and oxygen atoms in total. The highest BCUT2D eigenvalue weighted by molar-refractivity contribution is 6.00. The number of alkyl carbamates (subject to hydrolysis) is 1. The minimum Gasteiger partial charge on any atom is -0.508 e. The van der Waals surface area contributed by atoms with Crippen molar-refractivity contribution in [2.75, 3.05) is 11.9 Å². The fourth-order valence-corrected chi connectivity index (χ4v) is 4.35. The summed E-state index contributed by atoms with van der Waals surface area (Å²) >= 11 is 0. The second-order valence-corrected chi connectivity index (χ2v) is 11.5. The number of nitrogens with zero attached hydrogens (tertiary/aromatic N) is 1. The van der Waals surface area contributed by atoms with Crippen molar-refractivity contribution in [1.82, 2.24) is 10.2 Å². The number of phenols is 1. The van der Waals surface area contributed by atoms with E-state index in [0.29, 0.717) is 29.8 Å². The monoisotopic (exact) mass is 539 g/mol.